The van der Waals surface area contributed by atoms with Gasteiger partial charge in [-0.25, -0.2) is 0 Å². The summed E-state index contributed by atoms with van der Waals surface area (Å²) in [5.41, 5.74) is 6.33. The van der Waals surface area contributed by atoms with Crippen molar-refractivity contribution >= 4 is 0 Å². The van der Waals surface area contributed by atoms with Gasteiger partial charge in [0.05, 0.1) is 12.2 Å². The predicted octanol–water partition coefficient (Wildman–Crippen LogP) is 1.02. The van der Waals surface area contributed by atoms with Crippen LogP contribution in [-0.4, -0.2) is 48.4 Å². The van der Waals surface area contributed by atoms with Crippen molar-refractivity contribution in [2.24, 2.45) is 17.1 Å². The summed E-state index contributed by atoms with van der Waals surface area (Å²) < 4.78 is 6.00. The molecule has 3 aliphatic rings. The summed E-state index contributed by atoms with van der Waals surface area (Å²) in [6.45, 7) is 4.13. The summed E-state index contributed by atoms with van der Waals surface area (Å²) in [4.78, 5) is 2.46. The molecule has 21 heavy (non-hydrogen) atoms. The van der Waals surface area contributed by atoms with Crippen molar-refractivity contribution < 1.29 is 9.84 Å². The first-order valence-electron chi connectivity index (χ1n) is 8.02. The van der Waals surface area contributed by atoms with Crippen molar-refractivity contribution in [2.75, 3.05) is 32.8 Å². The fraction of sp³-hybridized carbons (Fsp3) is 0.647. The van der Waals surface area contributed by atoms with E-state index in [0.717, 1.165) is 44.6 Å². The van der Waals surface area contributed by atoms with Gasteiger partial charge in [-0.2, -0.15) is 0 Å². The third-order valence-corrected chi connectivity index (χ3v) is 6.07. The maximum absolute atomic E-state index is 11.6. The average molecular weight is 288 g/mol. The monoisotopic (exact) mass is 288 g/mol. The Kier molecular flexibility index (Phi) is 3.03. The normalized spacial score (nSPS) is 41.4. The Morgan fingerprint density at radius 3 is 3.05 bits per heavy atom. The van der Waals surface area contributed by atoms with E-state index in [1.165, 1.54) is 5.56 Å². The molecule has 0 aliphatic carbocycles. The topological polar surface area (TPSA) is 58.7 Å². The zero-order valence-electron chi connectivity index (χ0n) is 12.4. The lowest BCUT2D eigenvalue weighted by Gasteiger charge is -2.53. The molecule has 0 saturated carbocycles. The van der Waals surface area contributed by atoms with E-state index in [1.807, 2.05) is 18.2 Å². The van der Waals surface area contributed by atoms with Crippen LogP contribution in [-0.2, 0) is 6.42 Å². The van der Waals surface area contributed by atoms with Crippen LogP contribution < -0.4 is 10.5 Å². The van der Waals surface area contributed by atoms with E-state index >= 15 is 0 Å². The molecule has 2 bridgehead atoms. The van der Waals surface area contributed by atoms with Crippen molar-refractivity contribution in [1.82, 2.24) is 4.90 Å². The van der Waals surface area contributed by atoms with Gasteiger partial charge in [0.25, 0.3) is 0 Å². The summed E-state index contributed by atoms with van der Waals surface area (Å²) in [7, 11) is 0. The fourth-order valence-electron chi connectivity index (χ4n) is 4.66. The maximum atomic E-state index is 11.6. The fourth-order valence-corrected chi connectivity index (χ4v) is 4.66. The van der Waals surface area contributed by atoms with E-state index in [-0.39, 0.29) is 5.41 Å². The minimum absolute atomic E-state index is 0.337. The number of piperidine rings is 1. The Bertz CT molecular complexity index is 549. The van der Waals surface area contributed by atoms with Crippen LogP contribution in [0.5, 0.6) is 5.75 Å². The van der Waals surface area contributed by atoms with Gasteiger partial charge in [-0.1, -0.05) is 18.2 Å². The molecule has 4 rings (SSSR count). The Labute approximate surface area is 125 Å². The maximum Gasteiger partial charge on any atom is 0.122 e. The average Bonchev–Trinajstić information content (AvgIpc) is 2.95. The second kappa shape index (κ2) is 4.70. The lowest BCUT2D eigenvalue weighted by Crippen LogP contribution is -2.64. The lowest BCUT2D eigenvalue weighted by atomic mass is 9.60. The van der Waals surface area contributed by atoms with Crippen molar-refractivity contribution in [3.05, 3.63) is 29.8 Å². The van der Waals surface area contributed by atoms with Gasteiger partial charge in [0, 0.05) is 31.0 Å². The summed E-state index contributed by atoms with van der Waals surface area (Å²) in [5, 5.41) is 11.6. The van der Waals surface area contributed by atoms with Crippen molar-refractivity contribution in [2.45, 2.75) is 24.9 Å². The molecule has 0 amide bonds. The molecule has 1 aromatic carbocycles. The summed E-state index contributed by atoms with van der Waals surface area (Å²) in [5.74, 6) is 1.29. The molecule has 0 aromatic heterocycles. The van der Waals surface area contributed by atoms with Gasteiger partial charge in [0.15, 0.2) is 0 Å². The molecule has 4 unspecified atom stereocenters. The van der Waals surface area contributed by atoms with E-state index in [9.17, 15) is 5.11 Å². The molecule has 4 heteroatoms. The Balaban J connectivity index is 1.71. The Morgan fingerprint density at radius 1 is 1.33 bits per heavy atom. The van der Waals surface area contributed by atoms with Gasteiger partial charge >= 0.3 is 0 Å². The van der Waals surface area contributed by atoms with E-state index < -0.39 is 5.60 Å². The van der Waals surface area contributed by atoms with Gasteiger partial charge in [-0.05, 0) is 37.4 Å². The van der Waals surface area contributed by atoms with E-state index in [1.54, 1.807) is 0 Å². The number of rotatable bonds is 2. The van der Waals surface area contributed by atoms with Crippen LogP contribution in [0, 0.1) is 11.3 Å². The van der Waals surface area contributed by atoms with Gasteiger partial charge in [0.2, 0.25) is 0 Å². The molecule has 114 valence electrons. The van der Waals surface area contributed by atoms with Crippen LogP contribution in [0.1, 0.15) is 18.4 Å². The van der Waals surface area contributed by atoms with Gasteiger partial charge in [0.1, 0.15) is 5.75 Å². The highest BCUT2D eigenvalue weighted by Crippen LogP contribution is 2.50. The van der Waals surface area contributed by atoms with Crippen LogP contribution in [0.15, 0.2) is 24.3 Å². The molecule has 2 saturated heterocycles. The van der Waals surface area contributed by atoms with Gasteiger partial charge in [-0.15, -0.1) is 0 Å². The van der Waals surface area contributed by atoms with Crippen LogP contribution >= 0.6 is 0 Å². The molecular formula is C17H24N2O2. The first-order chi connectivity index (χ1) is 10.2. The quantitative estimate of drug-likeness (QED) is 0.853. The number of aliphatic hydroxyl groups is 1. The number of ether oxygens (including phenoxy) is 1. The largest absolute Gasteiger partial charge is 0.493 e. The van der Waals surface area contributed by atoms with Gasteiger partial charge in [-0.3, -0.25) is 0 Å². The molecule has 4 nitrogen and oxygen atoms in total. The summed E-state index contributed by atoms with van der Waals surface area (Å²) in [6, 6.07) is 8.15. The number of para-hydroxylation sites is 1. The number of hydrogen-bond donors (Lipinski definition) is 2. The summed E-state index contributed by atoms with van der Waals surface area (Å²) in [6.07, 6.45) is 2.73. The van der Waals surface area contributed by atoms with E-state index in [0.29, 0.717) is 19.1 Å². The SMILES string of the molecule is NCC1(C2(O)CCN3CCC2C3)COc2ccccc2C1. The molecule has 3 heterocycles. The third-order valence-electron chi connectivity index (χ3n) is 6.07. The smallest absolute Gasteiger partial charge is 0.122 e. The molecular weight excluding hydrogens is 264 g/mol. The van der Waals surface area contributed by atoms with E-state index in [2.05, 4.69) is 11.0 Å². The third kappa shape index (κ3) is 1.86. The number of hydrogen-bond acceptors (Lipinski definition) is 4. The highest BCUT2D eigenvalue weighted by atomic mass is 16.5. The first-order valence-corrected chi connectivity index (χ1v) is 8.02. The van der Waals surface area contributed by atoms with Crippen LogP contribution in [0.25, 0.3) is 0 Å². The lowest BCUT2D eigenvalue weighted by molar-refractivity contribution is -0.157. The molecule has 0 radical (unpaired) electrons. The Morgan fingerprint density at radius 2 is 2.19 bits per heavy atom. The molecule has 1 aromatic rings. The minimum atomic E-state index is -0.692. The highest BCUT2D eigenvalue weighted by Gasteiger charge is 2.58. The zero-order chi connectivity index (χ0) is 14.5. The minimum Gasteiger partial charge on any atom is -0.493 e. The summed E-state index contributed by atoms with van der Waals surface area (Å²) >= 11 is 0. The predicted molar refractivity (Wildman–Crippen MR) is 81.2 cm³/mol. The molecule has 4 atom stereocenters. The molecule has 2 fully saturated rings. The number of nitrogens with two attached hydrogens (primary N) is 1. The molecule has 3 aliphatic heterocycles. The first kappa shape index (κ1) is 13.6. The molecule has 0 spiro atoms. The second-order valence-corrected chi connectivity index (χ2v) is 7.02. The Hall–Kier alpha value is -1.10. The van der Waals surface area contributed by atoms with Crippen LogP contribution in [0.2, 0.25) is 0 Å². The van der Waals surface area contributed by atoms with Crippen LogP contribution in [0.3, 0.4) is 0 Å². The second-order valence-electron chi connectivity index (χ2n) is 7.02. The van der Waals surface area contributed by atoms with Crippen molar-refractivity contribution in [3.8, 4) is 5.75 Å². The van der Waals surface area contributed by atoms with Crippen molar-refractivity contribution in [3.63, 3.8) is 0 Å². The number of nitrogens with zero attached hydrogens (tertiary/aromatic N) is 1. The zero-order valence-corrected chi connectivity index (χ0v) is 12.4. The van der Waals surface area contributed by atoms with Crippen LogP contribution in [0.4, 0.5) is 0 Å². The highest BCUT2D eigenvalue weighted by molar-refractivity contribution is 5.37. The number of benzene rings is 1. The molecule has 3 N–H and O–H groups in total. The number of fused-ring (bicyclic) bond motifs is 3. The van der Waals surface area contributed by atoms with E-state index in [4.69, 9.17) is 10.5 Å². The van der Waals surface area contributed by atoms with Gasteiger partial charge < -0.3 is 20.5 Å². The van der Waals surface area contributed by atoms with Crippen molar-refractivity contribution in [1.29, 1.82) is 0 Å². The standard InChI is InChI=1S/C17H24N2O2/c18-11-16(9-13-3-1-2-4-15(13)21-12-16)17(20)6-8-19-7-5-14(17)10-19/h1-4,14,20H,5-12,18H2.